The fourth-order valence-electron chi connectivity index (χ4n) is 3.99. The molecule has 8 heteroatoms. The summed E-state index contributed by atoms with van der Waals surface area (Å²) >= 11 is 0. The molecule has 1 aromatic carbocycles. The summed E-state index contributed by atoms with van der Waals surface area (Å²) < 4.78 is 5.17. The Hall–Kier alpha value is -3.52. The fourth-order valence-corrected chi connectivity index (χ4v) is 3.99. The lowest BCUT2D eigenvalue weighted by Crippen LogP contribution is -2.53. The van der Waals surface area contributed by atoms with Crippen LogP contribution in [0.25, 0.3) is 22.0 Å². The van der Waals surface area contributed by atoms with Gasteiger partial charge in [0.2, 0.25) is 5.88 Å². The molecule has 0 bridgehead atoms. The van der Waals surface area contributed by atoms with Gasteiger partial charge in [-0.3, -0.25) is 14.6 Å². The average Bonchev–Trinajstić information content (AvgIpc) is 3.61. The van der Waals surface area contributed by atoms with E-state index >= 15 is 0 Å². The van der Waals surface area contributed by atoms with E-state index in [1.807, 2.05) is 36.4 Å². The van der Waals surface area contributed by atoms with Crippen molar-refractivity contribution in [3.05, 3.63) is 54.4 Å². The average molecular weight is 432 g/mol. The van der Waals surface area contributed by atoms with Crippen LogP contribution in [-0.4, -0.2) is 75.6 Å². The molecule has 0 radical (unpaired) electrons. The highest BCUT2D eigenvalue weighted by Crippen LogP contribution is 2.37. The van der Waals surface area contributed by atoms with Gasteiger partial charge in [-0.2, -0.15) is 0 Å². The van der Waals surface area contributed by atoms with Crippen molar-refractivity contribution in [3.8, 4) is 17.0 Å². The minimum absolute atomic E-state index is 0.149. The Kier molecular flexibility index (Phi) is 5.01. The van der Waals surface area contributed by atoms with Gasteiger partial charge in [0.15, 0.2) is 0 Å². The summed E-state index contributed by atoms with van der Waals surface area (Å²) in [5, 5.41) is 11.0. The highest BCUT2D eigenvalue weighted by molar-refractivity contribution is 5.93. The quantitative estimate of drug-likeness (QED) is 0.679. The van der Waals surface area contributed by atoms with Gasteiger partial charge in [-0.25, -0.2) is 4.98 Å². The number of amides is 2. The molecule has 1 saturated heterocycles. The van der Waals surface area contributed by atoms with E-state index in [1.54, 1.807) is 29.2 Å². The molecule has 5 rings (SSSR count). The Morgan fingerprint density at radius 3 is 2.34 bits per heavy atom. The molecule has 2 aliphatic rings. The van der Waals surface area contributed by atoms with Crippen molar-refractivity contribution in [2.45, 2.75) is 18.4 Å². The zero-order valence-corrected chi connectivity index (χ0v) is 17.8. The number of ether oxygens (including phenoxy) is 1. The van der Waals surface area contributed by atoms with Crippen molar-refractivity contribution < 1.29 is 19.4 Å². The van der Waals surface area contributed by atoms with Crippen molar-refractivity contribution in [2.75, 3.05) is 33.3 Å². The third kappa shape index (κ3) is 3.78. The largest absolute Gasteiger partial charge is 0.481 e. The van der Waals surface area contributed by atoms with Gasteiger partial charge in [-0.05, 0) is 42.7 Å². The summed E-state index contributed by atoms with van der Waals surface area (Å²) in [6.45, 7) is 1.73. The van der Waals surface area contributed by atoms with Crippen LogP contribution in [0.2, 0.25) is 0 Å². The van der Waals surface area contributed by atoms with E-state index in [2.05, 4.69) is 9.97 Å². The van der Waals surface area contributed by atoms with Gasteiger partial charge < -0.3 is 19.6 Å². The van der Waals surface area contributed by atoms with Crippen molar-refractivity contribution in [3.63, 3.8) is 0 Å². The van der Waals surface area contributed by atoms with E-state index in [0.717, 1.165) is 22.0 Å². The number of hydrogen-bond acceptors (Lipinski definition) is 6. The highest BCUT2D eigenvalue weighted by atomic mass is 16.5. The minimum Gasteiger partial charge on any atom is -0.481 e. The summed E-state index contributed by atoms with van der Waals surface area (Å²) in [5.41, 5.74) is 1.96. The highest BCUT2D eigenvalue weighted by Gasteiger charge is 2.50. The first-order valence-electron chi connectivity index (χ1n) is 10.7. The topological polar surface area (TPSA) is 95.9 Å². The molecule has 1 aliphatic carbocycles. The summed E-state index contributed by atoms with van der Waals surface area (Å²) in [7, 11) is 1.59. The van der Waals surface area contributed by atoms with Gasteiger partial charge in [0.25, 0.3) is 11.8 Å². The number of nitrogens with zero attached hydrogens (tertiary/aromatic N) is 4. The molecule has 164 valence electrons. The lowest BCUT2D eigenvalue weighted by atomic mass is 10.0. The number of rotatable bonds is 4. The molecule has 0 unspecified atom stereocenters. The number of carbonyl (C=O) groups is 2. The number of hydrogen-bond donors (Lipinski definition) is 1. The van der Waals surface area contributed by atoms with Crippen molar-refractivity contribution >= 4 is 22.7 Å². The fraction of sp³-hybridized carbons (Fsp3) is 0.333. The summed E-state index contributed by atoms with van der Waals surface area (Å²) in [4.78, 5) is 37.3. The van der Waals surface area contributed by atoms with Crippen molar-refractivity contribution in [1.29, 1.82) is 0 Å². The van der Waals surface area contributed by atoms with Crippen LogP contribution in [0.5, 0.6) is 5.88 Å². The molecule has 0 spiro atoms. The molecular formula is C24H24N4O4. The molecule has 3 aromatic rings. The lowest BCUT2D eigenvalue weighted by molar-refractivity contribution is -0.143. The van der Waals surface area contributed by atoms with Gasteiger partial charge >= 0.3 is 0 Å². The molecule has 8 nitrogen and oxygen atoms in total. The standard InChI is InChI=1S/C24H24N4O4/c1-32-21-7-4-17-14-16(2-5-19(17)26-21)18-3-6-20(25-15-18)22(29)27-10-12-28(13-11-27)23(30)24(31)8-9-24/h2-7,14-15,31H,8-13H2,1H3. The van der Waals surface area contributed by atoms with Gasteiger partial charge in [0.1, 0.15) is 11.3 Å². The molecule has 1 aliphatic heterocycles. The number of benzene rings is 1. The van der Waals surface area contributed by atoms with E-state index in [-0.39, 0.29) is 11.8 Å². The predicted molar refractivity (Wildman–Crippen MR) is 118 cm³/mol. The summed E-state index contributed by atoms with van der Waals surface area (Å²) in [6.07, 6.45) is 2.76. The van der Waals surface area contributed by atoms with Crippen molar-refractivity contribution in [2.24, 2.45) is 0 Å². The van der Waals surface area contributed by atoms with Crippen LogP contribution in [-0.2, 0) is 4.79 Å². The number of methoxy groups -OCH3 is 1. The zero-order valence-electron chi connectivity index (χ0n) is 17.8. The van der Waals surface area contributed by atoms with E-state index in [4.69, 9.17) is 4.74 Å². The van der Waals surface area contributed by atoms with Crippen LogP contribution < -0.4 is 4.74 Å². The van der Waals surface area contributed by atoms with Gasteiger partial charge in [-0.15, -0.1) is 0 Å². The molecule has 0 atom stereocenters. The molecule has 2 amide bonds. The second-order valence-corrected chi connectivity index (χ2v) is 8.31. The van der Waals surface area contributed by atoms with Crippen LogP contribution in [0, 0.1) is 0 Å². The number of aromatic nitrogens is 2. The Bertz CT molecular complexity index is 1180. The van der Waals surface area contributed by atoms with Crippen LogP contribution in [0.4, 0.5) is 0 Å². The normalized spacial score (nSPS) is 17.3. The SMILES string of the molecule is COc1ccc2cc(-c3ccc(C(=O)N4CCN(C(=O)C5(O)CC5)CC4)nc3)ccc2n1. The minimum atomic E-state index is -1.16. The summed E-state index contributed by atoms with van der Waals surface area (Å²) in [5.74, 6) is 0.211. The Morgan fingerprint density at radius 2 is 1.69 bits per heavy atom. The molecule has 1 saturated carbocycles. The van der Waals surface area contributed by atoms with E-state index < -0.39 is 5.60 Å². The van der Waals surface area contributed by atoms with E-state index in [9.17, 15) is 14.7 Å². The molecule has 1 N–H and O–H groups in total. The second-order valence-electron chi connectivity index (χ2n) is 8.31. The maximum absolute atomic E-state index is 12.9. The predicted octanol–water partition coefficient (Wildman–Crippen LogP) is 2.11. The van der Waals surface area contributed by atoms with E-state index in [0.29, 0.717) is 50.6 Å². The number of piperazine rings is 1. The van der Waals surface area contributed by atoms with Gasteiger partial charge in [-0.1, -0.05) is 12.1 Å². The molecule has 2 aromatic heterocycles. The first-order chi connectivity index (χ1) is 15.5. The van der Waals surface area contributed by atoms with Gasteiger partial charge in [0.05, 0.1) is 12.6 Å². The zero-order chi connectivity index (χ0) is 22.3. The monoisotopic (exact) mass is 432 g/mol. The molecular weight excluding hydrogens is 408 g/mol. The number of aliphatic hydroxyl groups is 1. The molecule has 2 fully saturated rings. The second kappa shape index (κ2) is 7.87. The van der Waals surface area contributed by atoms with E-state index in [1.165, 1.54) is 0 Å². The number of carbonyl (C=O) groups excluding carboxylic acids is 2. The number of pyridine rings is 2. The Balaban J connectivity index is 1.26. The van der Waals surface area contributed by atoms with Crippen LogP contribution in [0.3, 0.4) is 0 Å². The Morgan fingerprint density at radius 1 is 0.969 bits per heavy atom. The molecule has 32 heavy (non-hydrogen) atoms. The maximum Gasteiger partial charge on any atom is 0.272 e. The lowest BCUT2D eigenvalue weighted by Gasteiger charge is -2.35. The summed E-state index contributed by atoms with van der Waals surface area (Å²) in [6, 6.07) is 13.3. The maximum atomic E-state index is 12.9. The third-order valence-corrected chi connectivity index (χ3v) is 6.16. The van der Waals surface area contributed by atoms with Crippen molar-refractivity contribution in [1.82, 2.24) is 19.8 Å². The molecule has 3 heterocycles. The van der Waals surface area contributed by atoms with Gasteiger partial charge in [0, 0.05) is 49.4 Å². The first kappa shape index (κ1) is 20.4. The van der Waals surface area contributed by atoms with Crippen LogP contribution >= 0.6 is 0 Å². The third-order valence-electron chi connectivity index (χ3n) is 6.16. The number of fused-ring (bicyclic) bond motifs is 1. The smallest absolute Gasteiger partial charge is 0.272 e. The Labute approximate surface area is 185 Å². The first-order valence-corrected chi connectivity index (χ1v) is 10.7. The van der Waals surface area contributed by atoms with Crippen LogP contribution in [0.15, 0.2) is 48.7 Å². The van der Waals surface area contributed by atoms with Crippen LogP contribution in [0.1, 0.15) is 23.3 Å².